The molecule has 0 saturated carbocycles. The molecule has 0 spiro atoms. The SMILES string of the molecule is C[C@H]1CCc2sc(C(=O)NNC(=S)NCCCN(C)C)cc2C1. The first-order valence-electron chi connectivity index (χ1n) is 8.06. The zero-order valence-electron chi connectivity index (χ0n) is 14.1. The van der Waals surface area contributed by atoms with E-state index < -0.39 is 0 Å². The van der Waals surface area contributed by atoms with E-state index in [1.807, 2.05) is 20.2 Å². The van der Waals surface area contributed by atoms with E-state index in [0.717, 1.165) is 37.2 Å². The molecule has 1 atom stereocenters. The second kappa shape index (κ2) is 8.61. The maximum Gasteiger partial charge on any atom is 0.279 e. The minimum atomic E-state index is -0.116. The highest BCUT2D eigenvalue weighted by molar-refractivity contribution is 7.80. The molecule has 5 nitrogen and oxygen atoms in total. The molecule has 0 radical (unpaired) electrons. The second-order valence-electron chi connectivity index (χ2n) is 6.40. The second-order valence-corrected chi connectivity index (χ2v) is 7.94. The van der Waals surface area contributed by atoms with Crippen LogP contribution in [0.2, 0.25) is 0 Å². The van der Waals surface area contributed by atoms with Crippen LogP contribution in [0.5, 0.6) is 0 Å². The average molecular weight is 355 g/mol. The number of thiophene rings is 1. The van der Waals surface area contributed by atoms with Crippen molar-refractivity contribution in [3.63, 3.8) is 0 Å². The quantitative estimate of drug-likeness (QED) is 0.429. The van der Waals surface area contributed by atoms with Crippen molar-refractivity contribution < 1.29 is 4.79 Å². The van der Waals surface area contributed by atoms with Crippen LogP contribution in [-0.4, -0.2) is 43.1 Å². The van der Waals surface area contributed by atoms with E-state index in [2.05, 4.69) is 28.0 Å². The van der Waals surface area contributed by atoms with Crippen molar-refractivity contribution >= 4 is 34.6 Å². The molecule has 1 aromatic heterocycles. The van der Waals surface area contributed by atoms with Gasteiger partial charge < -0.3 is 10.2 Å². The van der Waals surface area contributed by atoms with Gasteiger partial charge in [0.25, 0.3) is 5.91 Å². The summed E-state index contributed by atoms with van der Waals surface area (Å²) < 4.78 is 0. The summed E-state index contributed by atoms with van der Waals surface area (Å²) in [4.78, 5) is 16.5. The van der Waals surface area contributed by atoms with Crippen LogP contribution >= 0.6 is 23.6 Å². The number of nitrogens with one attached hydrogen (secondary N) is 3. The highest BCUT2D eigenvalue weighted by Gasteiger charge is 2.20. The zero-order valence-corrected chi connectivity index (χ0v) is 15.7. The van der Waals surface area contributed by atoms with Crippen molar-refractivity contribution in [2.24, 2.45) is 5.92 Å². The Hall–Kier alpha value is -1.18. The lowest BCUT2D eigenvalue weighted by Gasteiger charge is -2.16. The number of carbonyl (C=O) groups is 1. The van der Waals surface area contributed by atoms with Crippen molar-refractivity contribution in [2.75, 3.05) is 27.2 Å². The lowest BCUT2D eigenvalue weighted by Crippen LogP contribution is -2.47. The van der Waals surface area contributed by atoms with Gasteiger partial charge in [-0.1, -0.05) is 6.92 Å². The lowest BCUT2D eigenvalue weighted by molar-refractivity contribution is 0.0947. The Morgan fingerprint density at radius 3 is 2.96 bits per heavy atom. The Bertz CT molecular complexity index is 556. The number of fused-ring (bicyclic) bond motifs is 1. The average Bonchev–Trinajstić information content (AvgIpc) is 2.92. The molecule has 1 aliphatic carbocycles. The normalized spacial score (nSPS) is 16.8. The zero-order chi connectivity index (χ0) is 16.8. The Labute approximate surface area is 147 Å². The first-order chi connectivity index (χ1) is 11.0. The smallest absolute Gasteiger partial charge is 0.279 e. The molecule has 7 heteroatoms. The lowest BCUT2D eigenvalue weighted by atomic mass is 9.90. The third-order valence-electron chi connectivity index (χ3n) is 3.91. The molecule has 2 rings (SSSR count). The molecule has 128 valence electrons. The molecule has 0 saturated heterocycles. The van der Waals surface area contributed by atoms with Crippen molar-refractivity contribution in [3.05, 3.63) is 21.4 Å². The fourth-order valence-electron chi connectivity index (χ4n) is 2.63. The molecule has 1 aromatic rings. The Balaban J connectivity index is 1.73. The summed E-state index contributed by atoms with van der Waals surface area (Å²) in [6, 6.07) is 2.03. The molecule has 1 heterocycles. The van der Waals surface area contributed by atoms with Crippen LogP contribution in [0.1, 0.15) is 39.9 Å². The summed E-state index contributed by atoms with van der Waals surface area (Å²) in [6.07, 6.45) is 4.39. The summed E-state index contributed by atoms with van der Waals surface area (Å²) in [5.41, 5.74) is 6.78. The van der Waals surface area contributed by atoms with E-state index in [1.165, 1.54) is 16.9 Å². The van der Waals surface area contributed by atoms with E-state index in [9.17, 15) is 4.79 Å². The van der Waals surface area contributed by atoms with E-state index in [4.69, 9.17) is 12.2 Å². The van der Waals surface area contributed by atoms with Gasteiger partial charge in [-0.3, -0.25) is 15.6 Å². The van der Waals surface area contributed by atoms with Gasteiger partial charge in [0.15, 0.2) is 5.11 Å². The maximum absolute atomic E-state index is 12.2. The van der Waals surface area contributed by atoms with Gasteiger partial charge in [0.05, 0.1) is 4.88 Å². The minimum Gasteiger partial charge on any atom is -0.361 e. The summed E-state index contributed by atoms with van der Waals surface area (Å²) in [5, 5.41) is 3.53. The first-order valence-corrected chi connectivity index (χ1v) is 9.28. The standard InChI is InChI=1S/C16H26N4OS2/c1-11-5-6-13-12(9-11)10-14(23-13)15(21)18-19-16(22)17-7-4-8-20(2)3/h10-11H,4-9H2,1-3H3,(H,18,21)(H2,17,19,22)/t11-/m0/s1. The van der Waals surface area contributed by atoms with Crippen LogP contribution in [0.15, 0.2) is 6.07 Å². The van der Waals surface area contributed by atoms with E-state index >= 15 is 0 Å². The maximum atomic E-state index is 12.2. The van der Waals surface area contributed by atoms with Gasteiger partial charge in [0.2, 0.25) is 0 Å². The third kappa shape index (κ3) is 5.75. The molecular weight excluding hydrogens is 328 g/mol. The van der Waals surface area contributed by atoms with E-state index in [0.29, 0.717) is 11.0 Å². The van der Waals surface area contributed by atoms with Crippen LogP contribution in [0.4, 0.5) is 0 Å². The van der Waals surface area contributed by atoms with E-state index in [-0.39, 0.29) is 5.91 Å². The molecular formula is C16H26N4OS2. The minimum absolute atomic E-state index is 0.116. The number of hydrogen-bond acceptors (Lipinski definition) is 4. The van der Waals surface area contributed by atoms with Gasteiger partial charge in [0, 0.05) is 11.4 Å². The van der Waals surface area contributed by atoms with Gasteiger partial charge in [-0.05, 0) is 76.1 Å². The number of hydrazine groups is 1. The fourth-order valence-corrected chi connectivity index (χ4v) is 3.89. The Kier molecular flexibility index (Phi) is 6.80. The largest absolute Gasteiger partial charge is 0.361 e. The predicted molar refractivity (Wildman–Crippen MR) is 99.9 cm³/mol. The monoisotopic (exact) mass is 354 g/mol. The number of hydrogen-bond donors (Lipinski definition) is 3. The first kappa shape index (κ1) is 18.2. The van der Waals surface area contributed by atoms with Crippen LogP contribution < -0.4 is 16.2 Å². The van der Waals surface area contributed by atoms with Crippen molar-refractivity contribution in [1.29, 1.82) is 0 Å². The number of thiocarbonyl (C=S) groups is 1. The molecule has 0 aliphatic heterocycles. The van der Waals surface area contributed by atoms with Gasteiger partial charge in [-0.25, -0.2) is 0 Å². The molecule has 0 bridgehead atoms. The highest BCUT2D eigenvalue weighted by atomic mass is 32.1. The Morgan fingerprint density at radius 2 is 2.22 bits per heavy atom. The summed E-state index contributed by atoms with van der Waals surface area (Å²) in [5.74, 6) is 0.597. The molecule has 23 heavy (non-hydrogen) atoms. The van der Waals surface area contributed by atoms with Gasteiger partial charge in [-0.15, -0.1) is 11.3 Å². The molecule has 0 fully saturated rings. The number of nitrogens with zero attached hydrogens (tertiary/aromatic N) is 1. The number of amides is 1. The molecule has 1 aliphatic rings. The van der Waals surface area contributed by atoms with Crippen LogP contribution in [0.25, 0.3) is 0 Å². The van der Waals surface area contributed by atoms with Crippen molar-refractivity contribution in [2.45, 2.75) is 32.6 Å². The molecule has 1 amide bonds. The van der Waals surface area contributed by atoms with Crippen LogP contribution in [0.3, 0.4) is 0 Å². The number of carbonyl (C=O) groups excluding carboxylic acids is 1. The van der Waals surface area contributed by atoms with Crippen LogP contribution in [0, 0.1) is 5.92 Å². The van der Waals surface area contributed by atoms with Gasteiger partial charge >= 0.3 is 0 Å². The molecule has 3 N–H and O–H groups in total. The Morgan fingerprint density at radius 1 is 1.43 bits per heavy atom. The van der Waals surface area contributed by atoms with Crippen molar-refractivity contribution in [1.82, 2.24) is 21.1 Å². The molecule has 0 unspecified atom stereocenters. The highest BCUT2D eigenvalue weighted by Crippen LogP contribution is 2.31. The van der Waals surface area contributed by atoms with Crippen molar-refractivity contribution in [3.8, 4) is 0 Å². The summed E-state index contributed by atoms with van der Waals surface area (Å²) in [6.45, 7) is 4.05. The predicted octanol–water partition coefficient (Wildman–Crippen LogP) is 1.93. The van der Waals surface area contributed by atoms with Crippen LogP contribution in [-0.2, 0) is 12.8 Å². The summed E-state index contributed by atoms with van der Waals surface area (Å²) in [7, 11) is 4.08. The van der Waals surface area contributed by atoms with Gasteiger partial charge in [0.1, 0.15) is 0 Å². The summed E-state index contributed by atoms with van der Waals surface area (Å²) >= 11 is 6.76. The number of rotatable bonds is 5. The number of aryl methyl sites for hydroxylation is 1. The molecule has 0 aromatic carbocycles. The van der Waals surface area contributed by atoms with E-state index in [1.54, 1.807) is 11.3 Å². The third-order valence-corrected chi connectivity index (χ3v) is 5.39. The fraction of sp³-hybridized carbons (Fsp3) is 0.625. The topological polar surface area (TPSA) is 56.4 Å². The van der Waals surface area contributed by atoms with Gasteiger partial charge in [-0.2, -0.15) is 0 Å².